The summed E-state index contributed by atoms with van der Waals surface area (Å²) < 4.78 is 89.7. The third-order valence-electron chi connectivity index (χ3n) is 1.59. The van der Waals surface area contributed by atoms with Gasteiger partial charge in [-0.2, -0.15) is 4.31 Å². The molecule has 0 aliphatic heterocycles. The van der Waals surface area contributed by atoms with E-state index in [0.717, 1.165) is 0 Å². The van der Waals surface area contributed by atoms with E-state index in [1.165, 1.54) is 0 Å². The molecule has 0 aliphatic carbocycles. The molecule has 0 amide bonds. The average Bonchev–Trinajstić information content (AvgIpc) is 2.31. The molecular weight excluding hydrogens is 389 g/mol. The van der Waals surface area contributed by atoms with Gasteiger partial charge in [-0.25, -0.2) is 31.1 Å². The summed E-state index contributed by atoms with van der Waals surface area (Å²) in [4.78, 5) is 24.1. The van der Waals surface area contributed by atoms with Crippen LogP contribution in [0.5, 0.6) is 0 Å². The molecule has 0 saturated carbocycles. The Morgan fingerprint density at radius 3 is 1.57 bits per heavy atom. The van der Waals surface area contributed by atoms with E-state index in [0.29, 0.717) is 0 Å². The van der Waals surface area contributed by atoms with Crippen molar-refractivity contribution in [1.29, 1.82) is 0 Å². The first-order valence-electron chi connectivity index (χ1n) is 4.33. The van der Waals surface area contributed by atoms with Crippen molar-refractivity contribution in [2.45, 2.75) is 4.90 Å². The highest BCUT2D eigenvalue weighted by atomic mass is 33.3. The maximum absolute atomic E-state index is 13.2. The van der Waals surface area contributed by atoms with Crippen LogP contribution in [0.25, 0.3) is 0 Å². The molecule has 0 radical (unpaired) electrons. The first kappa shape index (κ1) is 18.9. The second-order valence-electron chi connectivity index (χ2n) is 3.10. The SMILES string of the molecule is O=P(O)(O)OP(=O)(O)SSc1c(F)c(F)c(F)c(F)c1F. The Kier molecular flexibility index (Phi) is 5.90. The number of hydrogen-bond acceptors (Lipinski definition) is 5. The van der Waals surface area contributed by atoms with Crippen LogP contribution in [0.4, 0.5) is 22.0 Å². The Balaban J connectivity index is 3.06. The van der Waals surface area contributed by atoms with E-state index >= 15 is 0 Å². The van der Waals surface area contributed by atoms with Crippen LogP contribution in [0.3, 0.4) is 0 Å². The number of hydrogen-bond donors (Lipinski definition) is 3. The van der Waals surface area contributed by atoms with Crippen molar-refractivity contribution in [3.63, 3.8) is 0 Å². The largest absolute Gasteiger partial charge is 0.477 e. The van der Waals surface area contributed by atoms with E-state index in [2.05, 4.69) is 4.31 Å². The van der Waals surface area contributed by atoms with Crippen LogP contribution < -0.4 is 0 Å². The molecule has 0 bridgehead atoms. The standard InChI is InChI=1S/C6H3F5O6P2S2/c7-1-2(8)4(10)6(5(11)3(1)9)20-21-19(15,16)17-18(12,13)14/h(H,15,16)(H2,12,13,14). The monoisotopic (exact) mass is 392 g/mol. The number of benzene rings is 1. The van der Waals surface area contributed by atoms with Gasteiger partial charge >= 0.3 is 14.6 Å². The van der Waals surface area contributed by atoms with E-state index in [4.69, 9.17) is 14.7 Å². The molecule has 1 aromatic rings. The van der Waals surface area contributed by atoms with Crippen molar-refractivity contribution in [3.8, 4) is 0 Å². The van der Waals surface area contributed by atoms with E-state index in [9.17, 15) is 31.1 Å². The predicted octanol–water partition coefficient (Wildman–Crippen LogP) is 3.33. The van der Waals surface area contributed by atoms with E-state index in [1.807, 2.05) is 0 Å². The first-order valence-corrected chi connectivity index (χ1v) is 10.2. The summed E-state index contributed by atoms with van der Waals surface area (Å²) in [6, 6.07) is 0. The van der Waals surface area contributed by atoms with Crippen molar-refractivity contribution in [1.82, 2.24) is 0 Å². The molecule has 120 valence electrons. The van der Waals surface area contributed by atoms with Gasteiger partial charge in [0.05, 0.1) is 4.90 Å². The number of rotatable bonds is 5. The summed E-state index contributed by atoms with van der Waals surface area (Å²) in [7, 11) is -6.32. The molecule has 0 fully saturated rings. The maximum atomic E-state index is 13.2. The summed E-state index contributed by atoms with van der Waals surface area (Å²) in [5.74, 6) is -11.5. The Bertz CT molecular complexity index is 637. The summed E-state index contributed by atoms with van der Waals surface area (Å²) >= 11 is 0. The van der Waals surface area contributed by atoms with Crippen LogP contribution in [-0.2, 0) is 13.4 Å². The minimum Gasteiger partial charge on any atom is -0.316 e. The Labute approximate surface area is 120 Å². The van der Waals surface area contributed by atoms with Crippen LogP contribution >= 0.6 is 35.8 Å². The lowest BCUT2D eigenvalue weighted by molar-refractivity contribution is 0.271. The molecule has 0 heterocycles. The molecule has 3 N–H and O–H groups in total. The lowest BCUT2D eigenvalue weighted by Gasteiger charge is -2.12. The van der Waals surface area contributed by atoms with Crippen LogP contribution in [-0.4, -0.2) is 14.7 Å². The highest BCUT2D eigenvalue weighted by molar-refractivity contribution is 8.98. The third-order valence-corrected chi connectivity index (χ3v) is 8.31. The van der Waals surface area contributed by atoms with Gasteiger partial charge in [0, 0.05) is 10.4 Å². The zero-order valence-electron chi connectivity index (χ0n) is 9.17. The second-order valence-corrected chi connectivity index (χ2v) is 10.1. The lowest BCUT2D eigenvalue weighted by Crippen LogP contribution is -2.02. The molecule has 0 aliphatic rings. The maximum Gasteiger partial charge on any atom is 0.477 e. The minimum absolute atomic E-state index is 0.403. The van der Waals surface area contributed by atoms with E-state index < -0.39 is 69.8 Å². The summed E-state index contributed by atoms with van der Waals surface area (Å²) in [6.07, 6.45) is 0. The number of phosphoric acid groups is 1. The quantitative estimate of drug-likeness (QED) is 0.231. The molecule has 1 rings (SSSR count). The fraction of sp³-hybridized carbons (Fsp3) is 0. The van der Waals surface area contributed by atoms with Gasteiger partial charge in [-0.3, -0.25) is 0 Å². The lowest BCUT2D eigenvalue weighted by atomic mass is 10.3. The fourth-order valence-corrected chi connectivity index (χ4v) is 6.79. The Morgan fingerprint density at radius 2 is 1.19 bits per heavy atom. The molecule has 6 nitrogen and oxygen atoms in total. The highest BCUT2D eigenvalue weighted by Gasteiger charge is 2.34. The smallest absolute Gasteiger partial charge is 0.316 e. The van der Waals surface area contributed by atoms with Gasteiger partial charge < -0.3 is 14.7 Å². The molecule has 0 spiro atoms. The number of halogens is 5. The first-order chi connectivity index (χ1) is 9.36. The normalized spacial score (nSPS) is 15.0. The molecule has 1 unspecified atom stereocenters. The van der Waals surface area contributed by atoms with Gasteiger partial charge in [-0.15, -0.1) is 0 Å². The molecule has 21 heavy (non-hydrogen) atoms. The molecular formula is C6H3F5O6P2S2. The van der Waals surface area contributed by atoms with Crippen molar-refractivity contribution >= 4 is 35.8 Å². The van der Waals surface area contributed by atoms with E-state index in [-0.39, 0.29) is 0 Å². The van der Waals surface area contributed by atoms with Gasteiger partial charge in [0.25, 0.3) is 0 Å². The summed E-state index contributed by atoms with van der Waals surface area (Å²) in [5, 5.41) is 0. The van der Waals surface area contributed by atoms with Crippen molar-refractivity contribution < 1.29 is 50.1 Å². The highest BCUT2D eigenvalue weighted by Crippen LogP contribution is 2.69. The second kappa shape index (κ2) is 6.55. The van der Waals surface area contributed by atoms with E-state index in [1.54, 1.807) is 0 Å². The van der Waals surface area contributed by atoms with Crippen LogP contribution in [0, 0.1) is 29.1 Å². The van der Waals surface area contributed by atoms with Gasteiger partial charge in [-0.05, 0) is 10.8 Å². The van der Waals surface area contributed by atoms with Crippen LogP contribution in [0.2, 0.25) is 0 Å². The zero-order valence-corrected chi connectivity index (χ0v) is 12.6. The molecule has 1 atom stereocenters. The van der Waals surface area contributed by atoms with Crippen LogP contribution in [0.15, 0.2) is 4.90 Å². The molecule has 1 aromatic carbocycles. The Hall–Kier alpha value is -0.130. The summed E-state index contributed by atoms with van der Waals surface area (Å²) in [5.41, 5.74) is 0. The molecule has 15 heteroatoms. The van der Waals surface area contributed by atoms with Crippen molar-refractivity contribution in [3.05, 3.63) is 29.1 Å². The van der Waals surface area contributed by atoms with Crippen molar-refractivity contribution in [2.75, 3.05) is 0 Å². The van der Waals surface area contributed by atoms with Crippen molar-refractivity contribution in [2.24, 2.45) is 0 Å². The predicted molar refractivity (Wildman–Crippen MR) is 62.6 cm³/mol. The van der Waals surface area contributed by atoms with Gasteiger partial charge in [0.2, 0.25) is 5.82 Å². The zero-order chi connectivity index (χ0) is 16.6. The molecule has 0 saturated heterocycles. The molecule has 0 aromatic heterocycles. The fourth-order valence-electron chi connectivity index (χ4n) is 0.890. The van der Waals surface area contributed by atoms with Crippen LogP contribution in [0.1, 0.15) is 0 Å². The van der Waals surface area contributed by atoms with Gasteiger partial charge in [-0.1, -0.05) is 0 Å². The summed E-state index contributed by atoms with van der Waals surface area (Å²) in [6.45, 7) is -5.12. The van der Waals surface area contributed by atoms with Gasteiger partial charge in [0.15, 0.2) is 23.3 Å². The van der Waals surface area contributed by atoms with Gasteiger partial charge in [0.1, 0.15) is 0 Å². The topological polar surface area (TPSA) is 104 Å². The third kappa shape index (κ3) is 4.93. The minimum atomic E-state index is -5.40. The Morgan fingerprint density at radius 1 is 0.810 bits per heavy atom. The average molecular weight is 392 g/mol.